The van der Waals surface area contributed by atoms with Crippen molar-refractivity contribution in [3.63, 3.8) is 0 Å². The molecule has 0 N–H and O–H groups in total. The first-order chi connectivity index (χ1) is 17.1. The third kappa shape index (κ3) is 12.9. The largest absolute Gasteiger partial charge is 0.295 e. The first-order valence-corrected chi connectivity index (χ1v) is 14.3. The maximum atomic E-state index is 12.4. The van der Waals surface area contributed by atoms with E-state index in [1.807, 2.05) is 24.3 Å². The van der Waals surface area contributed by atoms with Crippen LogP contribution in [0.5, 0.6) is 0 Å². The molecule has 2 heteroatoms. The molecule has 0 atom stereocenters. The monoisotopic (exact) mass is 476 g/mol. The zero-order valence-corrected chi connectivity index (χ0v) is 22.5. The summed E-state index contributed by atoms with van der Waals surface area (Å²) in [6.07, 6.45) is 20.6. The Morgan fingerprint density at radius 1 is 0.514 bits per heavy atom. The fourth-order valence-electron chi connectivity index (χ4n) is 4.69. The summed E-state index contributed by atoms with van der Waals surface area (Å²) >= 11 is 0. The number of hydrogen-bond donors (Lipinski definition) is 0. The Hall–Kier alpha value is -2.22. The SMILES string of the molecule is CCCCCCCCC(=O)c1ccc(CCCCCCCCCCc2ccc(C(C)=O)cc2)cc1. The van der Waals surface area contributed by atoms with Crippen LogP contribution in [0.15, 0.2) is 48.5 Å². The Bertz CT molecular complexity index is 832. The molecule has 0 radical (unpaired) electrons. The van der Waals surface area contributed by atoms with Gasteiger partial charge < -0.3 is 0 Å². The van der Waals surface area contributed by atoms with Crippen molar-refractivity contribution in [1.82, 2.24) is 0 Å². The molecule has 0 saturated heterocycles. The summed E-state index contributed by atoms with van der Waals surface area (Å²) in [5.74, 6) is 0.443. The van der Waals surface area contributed by atoms with E-state index in [0.29, 0.717) is 12.2 Å². The molecular weight excluding hydrogens is 428 g/mol. The third-order valence-corrected chi connectivity index (χ3v) is 7.07. The highest BCUT2D eigenvalue weighted by Crippen LogP contribution is 2.16. The Morgan fingerprint density at radius 2 is 0.914 bits per heavy atom. The number of benzene rings is 2. The highest BCUT2D eigenvalue weighted by molar-refractivity contribution is 5.96. The lowest BCUT2D eigenvalue weighted by atomic mass is 10.00. The van der Waals surface area contributed by atoms with Crippen molar-refractivity contribution < 1.29 is 9.59 Å². The molecule has 0 aliphatic heterocycles. The van der Waals surface area contributed by atoms with Crippen LogP contribution < -0.4 is 0 Å². The summed E-state index contributed by atoms with van der Waals surface area (Å²) in [7, 11) is 0. The molecule has 0 aliphatic carbocycles. The van der Waals surface area contributed by atoms with E-state index in [4.69, 9.17) is 0 Å². The second kappa shape index (κ2) is 18.1. The maximum absolute atomic E-state index is 12.4. The lowest BCUT2D eigenvalue weighted by Gasteiger charge is -2.06. The molecule has 35 heavy (non-hydrogen) atoms. The first kappa shape index (κ1) is 29.0. The molecule has 0 spiro atoms. The summed E-state index contributed by atoms with van der Waals surface area (Å²) in [5, 5.41) is 0. The number of unbranched alkanes of at least 4 members (excludes halogenated alkanes) is 12. The van der Waals surface area contributed by atoms with Gasteiger partial charge in [0.25, 0.3) is 0 Å². The van der Waals surface area contributed by atoms with Gasteiger partial charge >= 0.3 is 0 Å². The number of rotatable bonds is 20. The molecule has 0 saturated carbocycles. The topological polar surface area (TPSA) is 34.1 Å². The van der Waals surface area contributed by atoms with Gasteiger partial charge in [0.05, 0.1) is 0 Å². The second-order valence-electron chi connectivity index (χ2n) is 10.2. The lowest BCUT2D eigenvalue weighted by molar-refractivity contribution is 0.0977. The Morgan fingerprint density at radius 3 is 1.37 bits per heavy atom. The summed E-state index contributed by atoms with van der Waals surface area (Å²) in [6, 6.07) is 16.5. The van der Waals surface area contributed by atoms with E-state index in [9.17, 15) is 9.59 Å². The van der Waals surface area contributed by atoms with Crippen LogP contribution in [0.2, 0.25) is 0 Å². The first-order valence-electron chi connectivity index (χ1n) is 14.3. The van der Waals surface area contributed by atoms with Crippen LogP contribution in [0.3, 0.4) is 0 Å². The summed E-state index contributed by atoms with van der Waals surface area (Å²) < 4.78 is 0. The average Bonchev–Trinajstić information content (AvgIpc) is 2.87. The summed E-state index contributed by atoms with van der Waals surface area (Å²) in [6.45, 7) is 3.85. The minimum Gasteiger partial charge on any atom is -0.295 e. The van der Waals surface area contributed by atoms with Gasteiger partial charge in [-0.25, -0.2) is 0 Å². The number of aryl methyl sites for hydroxylation is 2. The molecule has 0 unspecified atom stereocenters. The van der Waals surface area contributed by atoms with Crippen LogP contribution >= 0.6 is 0 Å². The van der Waals surface area contributed by atoms with Crippen molar-refractivity contribution >= 4 is 11.6 Å². The normalized spacial score (nSPS) is 11.0. The van der Waals surface area contributed by atoms with Crippen molar-refractivity contribution in [2.45, 2.75) is 123 Å². The molecule has 0 bridgehead atoms. The van der Waals surface area contributed by atoms with E-state index in [0.717, 1.165) is 30.4 Å². The summed E-state index contributed by atoms with van der Waals surface area (Å²) in [4.78, 5) is 23.7. The molecule has 2 rings (SSSR count). The van der Waals surface area contributed by atoms with Gasteiger partial charge in [-0.15, -0.1) is 0 Å². The molecule has 192 valence electrons. The van der Waals surface area contributed by atoms with Gasteiger partial charge in [0.1, 0.15) is 0 Å². The quantitative estimate of drug-likeness (QED) is 0.141. The van der Waals surface area contributed by atoms with Crippen LogP contribution in [0.1, 0.15) is 142 Å². The van der Waals surface area contributed by atoms with E-state index < -0.39 is 0 Å². The van der Waals surface area contributed by atoms with Gasteiger partial charge in [0.2, 0.25) is 0 Å². The van der Waals surface area contributed by atoms with Crippen LogP contribution in [0.25, 0.3) is 0 Å². The number of ketones is 2. The number of carbonyl (C=O) groups excluding carboxylic acids is 2. The molecular formula is C33H48O2. The minimum absolute atomic E-state index is 0.139. The highest BCUT2D eigenvalue weighted by atomic mass is 16.1. The predicted molar refractivity (Wildman–Crippen MR) is 150 cm³/mol. The van der Waals surface area contributed by atoms with Gasteiger partial charge in [-0.1, -0.05) is 126 Å². The molecule has 2 aromatic carbocycles. The van der Waals surface area contributed by atoms with Crippen molar-refractivity contribution in [3.05, 3.63) is 70.8 Å². The van der Waals surface area contributed by atoms with Crippen LogP contribution in [-0.2, 0) is 12.8 Å². The maximum Gasteiger partial charge on any atom is 0.162 e. The third-order valence-electron chi connectivity index (χ3n) is 7.07. The van der Waals surface area contributed by atoms with Crippen LogP contribution in [0, 0.1) is 0 Å². The van der Waals surface area contributed by atoms with E-state index in [-0.39, 0.29) is 5.78 Å². The molecule has 0 heterocycles. The number of hydrogen-bond acceptors (Lipinski definition) is 2. The van der Waals surface area contributed by atoms with Gasteiger partial charge in [0.15, 0.2) is 11.6 Å². The zero-order valence-electron chi connectivity index (χ0n) is 22.5. The van der Waals surface area contributed by atoms with E-state index in [2.05, 4.69) is 31.2 Å². The van der Waals surface area contributed by atoms with Crippen molar-refractivity contribution in [3.8, 4) is 0 Å². The Labute approximate surface area is 214 Å². The molecule has 0 aliphatic rings. The molecule has 2 aromatic rings. The Kier molecular flexibility index (Phi) is 15.0. The smallest absolute Gasteiger partial charge is 0.162 e. The van der Waals surface area contributed by atoms with Crippen LogP contribution in [-0.4, -0.2) is 11.6 Å². The fourth-order valence-corrected chi connectivity index (χ4v) is 4.69. The van der Waals surface area contributed by atoms with E-state index in [1.54, 1.807) is 6.92 Å². The standard InChI is InChI=1S/C33H48O2/c1-3-4-5-6-13-16-19-33(35)32-26-22-30(23-27-32)18-15-12-10-8-7-9-11-14-17-29-20-24-31(25-21-29)28(2)34/h20-27H,3-19H2,1-2H3. The van der Waals surface area contributed by atoms with Crippen molar-refractivity contribution in [2.75, 3.05) is 0 Å². The molecule has 0 aromatic heterocycles. The van der Waals surface area contributed by atoms with Gasteiger partial charge in [-0.05, 0) is 50.2 Å². The molecule has 0 amide bonds. The molecule has 2 nitrogen and oxygen atoms in total. The Balaban J connectivity index is 1.45. The average molecular weight is 477 g/mol. The number of Topliss-reactive ketones (excluding diaryl/α,β-unsaturated/α-hetero) is 2. The van der Waals surface area contributed by atoms with Crippen molar-refractivity contribution in [2.24, 2.45) is 0 Å². The van der Waals surface area contributed by atoms with Gasteiger partial charge in [-0.3, -0.25) is 9.59 Å². The lowest BCUT2D eigenvalue weighted by Crippen LogP contribution is -1.99. The highest BCUT2D eigenvalue weighted by Gasteiger charge is 2.06. The van der Waals surface area contributed by atoms with Gasteiger partial charge in [0, 0.05) is 17.5 Å². The predicted octanol–water partition coefficient (Wildman–Crippen LogP) is 9.73. The minimum atomic E-state index is 0.139. The molecule has 0 fully saturated rings. The van der Waals surface area contributed by atoms with Crippen LogP contribution in [0.4, 0.5) is 0 Å². The van der Waals surface area contributed by atoms with Crippen molar-refractivity contribution in [1.29, 1.82) is 0 Å². The fraction of sp³-hybridized carbons (Fsp3) is 0.576. The van der Waals surface area contributed by atoms with Gasteiger partial charge in [-0.2, -0.15) is 0 Å². The zero-order chi connectivity index (χ0) is 25.1. The van der Waals surface area contributed by atoms with E-state index in [1.165, 1.54) is 94.6 Å². The number of carbonyl (C=O) groups is 2. The summed E-state index contributed by atoms with van der Waals surface area (Å²) in [5.41, 5.74) is 4.39. The van der Waals surface area contributed by atoms with E-state index >= 15 is 0 Å². The second-order valence-corrected chi connectivity index (χ2v) is 10.2.